The third-order valence-electron chi connectivity index (χ3n) is 5.29. The normalized spacial score (nSPS) is 58.0. The lowest BCUT2D eigenvalue weighted by Gasteiger charge is -2.42. The number of rotatable bonds is 2. The molecule has 20 heavy (non-hydrogen) atoms. The van der Waals surface area contributed by atoms with Crippen molar-refractivity contribution < 1.29 is 19.3 Å². The minimum absolute atomic E-state index is 0.182. The van der Waals surface area contributed by atoms with Gasteiger partial charge >= 0.3 is 0 Å². The molecule has 0 aromatic rings. The van der Waals surface area contributed by atoms with E-state index < -0.39 is 27.6 Å². The van der Waals surface area contributed by atoms with Gasteiger partial charge < -0.3 is 19.3 Å². The summed E-state index contributed by atoms with van der Waals surface area (Å²) in [4.78, 5) is -2.59. The van der Waals surface area contributed by atoms with Crippen LogP contribution in [0.25, 0.3) is 0 Å². The molecule has 0 aromatic heterocycles. The second kappa shape index (κ2) is 3.80. The summed E-state index contributed by atoms with van der Waals surface area (Å²) in [5.74, 6) is -2.18. The third kappa shape index (κ3) is 1.06. The zero-order valence-electron chi connectivity index (χ0n) is 10.6. The highest BCUT2D eigenvalue weighted by Crippen LogP contribution is 2.78. The van der Waals surface area contributed by atoms with Crippen LogP contribution in [0.2, 0.25) is 0 Å². The maximum atomic E-state index is 10.4. The molecule has 1 aliphatic heterocycles. The van der Waals surface area contributed by atoms with Crippen molar-refractivity contribution in [1.29, 1.82) is 0 Å². The molecular weight excluding hydrogens is 350 g/mol. The van der Waals surface area contributed by atoms with Gasteiger partial charge in [0.1, 0.15) is 15.9 Å². The van der Waals surface area contributed by atoms with E-state index in [1.54, 1.807) is 0 Å². The molecule has 3 fully saturated rings. The molecule has 1 N–H and O–H groups in total. The van der Waals surface area contributed by atoms with Crippen LogP contribution in [0, 0.1) is 11.8 Å². The van der Waals surface area contributed by atoms with Gasteiger partial charge in [0.15, 0.2) is 0 Å². The molecule has 0 unspecified atom stereocenters. The highest BCUT2D eigenvalue weighted by molar-refractivity contribution is 6.52. The molecule has 2 bridgehead atoms. The first kappa shape index (κ1) is 14.3. The van der Waals surface area contributed by atoms with Crippen molar-refractivity contribution in [3.05, 3.63) is 10.1 Å². The quantitative estimate of drug-likeness (QED) is 0.464. The first-order valence-electron chi connectivity index (χ1n) is 6.20. The Balaban J connectivity index is 2.01. The number of epoxide rings is 1. The molecule has 4 nitrogen and oxygen atoms in total. The average Bonchev–Trinajstić information content (AvgIpc) is 3.10. The van der Waals surface area contributed by atoms with Crippen LogP contribution in [-0.4, -0.2) is 53.2 Å². The van der Waals surface area contributed by atoms with E-state index in [-0.39, 0.29) is 28.2 Å². The lowest BCUT2D eigenvalue weighted by atomic mass is 9.83. The van der Waals surface area contributed by atoms with Crippen molar-refractivity contribution in [3.63, 3.8) is 0 Å². The van der Waals surface area contributed by atoms with E-state index in [2.05, 4.69) is 0 Å². The van der Waals surface area contributed by atoms with Gasteiger partial charge in [0.25, 0.3) is 0 Å². The van der Waals surface area contributed by atoms with E-state index in [1.165, 1.54) is 14.2 Å². The van der Waals surface area contributed by atoms with Gasteiger partial charge in [-0.15, -0.1) is 23.2 Å². The average molecular weight is 362 g/mol. The van der Waals surface area contributed by atoms with Gasteiger partial charge in [0.2, 0.25) is 5.79 Å². The van der Waals surface area contributed by atoms with Crippen molar-refractivity contribution >= 4 is 46.4 Å². The summed E-state index contributed by atoms with van der Waals surface area (Å²) >= 11 is 26.4. The molecule has 0 aromatic carbocycles. The molecular formula is C12H12Cl4O4. The van der Waals surface area contributed by atoms with E-state index in [0.717, 1.165) is 0 Å². The summed E-state index contributed by atoms with van der Waals surface area (Å²) < 4.78 is 16.6. The van der Waals surface area contributed by atoms with Crippen LogP contribution in [0.5, 0.6) is 0 Å². The van der Waals surface area contributed by atoms with Crippen LogP contribution in [0.3, 0.4) is 0 Å². The predicted molar refractivity (Wildman–Crippen MR) is 74.3 cm³/mol. The number of aliphatic hydroxyl groups is 1. The summed E-state index contributed by atoms with van der Waals surface area (Å²) in [7, 11) is 2.88. The largest absolute Gasteiger partial charge is 0.390 e. The first-order valence-corrected chi connectivity index (χ1v) is 7.72. The summed E-state index contributed by atoms with van der Waals surface area (Å²) in [6.07, 6.45) is -1.23. The van der Waals surface area contributed by atoms with E-state index >= 15 is 0 Å². The number of aliphatic hydroxyl groups excluding tert-OH is 1. The monoisotopic (exact) mass is 360 g/mol. The Morgan fingerprint density at radius 3 is 2.00 bits per heavy atom. The molecule has 2 saturated carbocycles. The first-order chi connectivity index (χ1) is 9.32. The third-order valence-corrected chi connectivity index (χ3v) is 7.93. The maximum Gasteiger partial charge on any atom is 0.217 e. The molecule has 7 atom stereocenters. The van der Waals surface area contributed by atoms with Crippen molar-refractivity contribution in [1.82, 2.24) is 0 Å². The van der Waals surface area contributed by atoms with Crippen LogP contribution in [0.15, 0.2) is 10.1 Å². The Morgan fingerprint density at radius 1 is 1.00 bits per heavy atom. The second-order valence-corrected chi connectivity index (χ2v) is 7.63. The Morgan fingerprint density at radius 2 is 1.50 bits per heavy atom. The highest BCUT2D eigenvalue weighted by atomic mass is 35.5. The molecule has 112 valence electrons. The van der Waals surface area contributed by atoms with Gasteiger partial charge in [-0.2, -0.15) is 0 Å². The predicted octanol–water partition coefficient (Wildman–Crippen LogP) is 2.02. The van der Waals surface area contributed by atoms with E-state index in [0.29, 0.717) is 0 Å². The van der Waals surface area contributed by atoms with Crippen molar-refractivity contribution in [2.75, 3.05) is 14.2 Å². The molecule has 1 heterocycles. The number of hydrogen-bond acceptors (Lipinski definition) is 4. The van der Waals surface area contributed by atoms with Crippen LogP contribution in [-0.2, 0) is 14.2 Å². The number of alkyl halides is 2. The fraction of sp³-hybridized carbons (Fsp3) is 0.833. The second-order valence-electron chi connectivity index (χ2n) is 5.68. The van der Waals surface area contributed by atoms with Gasteiger partial charge in [0.05, 0.1) is 22.3 Å². The molecule has 0 spiro atoms. The summed E-state index contributed by atoms with van der Waals surface area (Å²) in [6, 6.07) is 0. The minimum atomic E-state index is -1.44. The van der Waals surface area contributed by atoms with Gasteiger partial charge in [-0.1, -0.05) is 23.2 Å². The zero-order chi connectivity index (χ0) is 14.7. The van der Waals surface area contributed by atoms with Crippen LogP contribution in [0.1, 0.15) is 0 Å². The number of halogens is 4. The minimum Gasteiger partial charge on any atom is -0.390 e. The smallest absolute Gasteiger partial charge is 0.217 e. The van der Waals surface area contributed by atoms with Crippen LogP contribution in [0.4, 0.5) is 0 Å². The lowest BCUT2D eigenvalue weighted by molar-refractivity contribution is -0.222. The molecule has 3 aliphatic carbocycles. The van der Waals surface area contributed by atoms with Gasteiger partial charge in [-0.3, -0.25) is 0 Å². The summed E-state index contributed by atoms with van der Waals surface area (Å²) in [5.41, 5.74) is 0. The topological polar surface area (TPSA) is 51.2 Å². The fourth-order valence-electron chi connectivity index (χ4n) is 4.56. The van der Waals surface area contributed by atoms with Crippen molar-refractivity contribution in [3.8, 4) is 0 Å². The number of fused-ring (bicyclic) bond motifs is 7. The highest BCUT2D eigenvalue weighted by Gasteiger charge is 2.91. The van der Waals surface area contributed by atoms with Crippen molar-refractivity contribution in [2.45, 2.75) is 33.8 Å². The molecule has 4 rings (SSSR count). The molecule has 0 radical (unpaired) electrons. The van der Waals surface area contributed by atoms with Crippen molar-refractivity contribution in [2.24, 2.45) is 11.8 Å². The Kier molecular flexibility index (Phi) is 2.72. The Bertz CT molecular complexity index is 508. The Labute approximate surface area is 135 Å². The van der Waals surface area contributed by atoms with E-state index in [1.807, 2.05) is 0 Å². The number of ether oxygens (including phenoxy) is 3. The lowest BCUT2D eigenvalue weighted by Crippen LogP contribution is -2.58. The fourth-order valence-corrected chi connectivity index (χ4v) is 6.82. The number of methoxy groups -OCH3 is 2. The molecule has 1 saturated heterocycles. The zero-order valence-corrected chi connectivity index (χ0v) is 13.6. The standard InChI is InChI=1S/C12H12Cl4O4/c1-18-12(19-2)10(15)3-4(6-7(20-6)5(3)17)11(12,16)9(14)8(10)13/h3-7,17H,1-2H3/t3-,4+,5+,6-,7+,10+,11-/m1/s1. The van der Waals surface area contributed by atoms with Gasteiger partial charge in [-0.05, 0) is 0 Å². The van der Waals surface area contributed by atoms with Gasteiger partial charge in [-0.25, -0.2) is 0 Å². The number of hydrogen-bond donors (Lipinski definition) is 1. The summed E-state index contributed by atoms with van der Waals surface area (Å²) in [5, 5.41) is 10.8. The molecule has 0 amide bonds. The van der Waals surface area contributed by atoms with Gasteiger partial charge in [0, 0.05) is 26.1 Å². The molecule has 4 aliphatic rings. The SMILES string of the molecule is COC1(OC)[C@@]2(Cl)C(Cl)=C(Cl)[C@]1(Cl)[C@@H]1[C@H]3O[C@H]3[C@@H](O)[C@@H]12. The molecule has 8 heteroatoms. The van der Waals surface area contributed by atoms with Crippen LogP contribution < -0.4 is 0 Å². The van der Waals surface area contributed by atoms with E-state index in [4.69, 9.17) is 60.6 Å². The Hall–Kier alpha value is 0.740. The maximum absolute atomic E-state index is 10.4. The van der Waals surface area contributed by atoms with Crippen LogP contribution >= 0.6 is 46.4 Å². The van der Waals surface area contributed by atoms with E-state index in [9.17, 15) is 5.11 Å². The summed E-state index contributed by atoms with van der Waals surface area (Å²) in [6.45, 7) is 0.